The Morgan fingerprint density at radius 2 is 1.69 bits per heavy atom. The van der Waals surface area contributed by atoms with Gasteiger partial charge in [-0.25, -0.2) is 4.39 Å². The lowest BCUT2D eigenvalue weighted by atomic mass is 10.0. The number of ether oxygens (including phenoxy) is 1. The average molecular weight is 395 g/mol. The summed E-state index contributed by atoms with van der Waals surface area (Å²) < 4.78 is 21.3. The number of nitrogens with zero attached hydrogens (tertiary/aromatic N) is 2. The lowest BCUT2D eigenvalue weighted by Crippen LogP contribution is -2.36. The van der Waals surface area contributed by atoms with E-state index in [4.69, 9.17) is 4.74 Å². The fraction of sp³-hybridized carbons (Fsp3) is 0.360. The summed E-state index contributed by atoms with van der Waals surface area (Å²) in [5, 5.41) is 0. The third kappa shape index (κ3) is 5.70. The van der Waals surface area contributed by atoms with E-state index in [-0.39, 0.29) is 5.82 Å². The molecule has 3 rings (SSSR count). The number of rotatable bonds is 9. The molecule has 3 nitrogen and oxygen atoms in total. The van der Waals surface area contributed by atoms with Gasteiger partial charge in [0, 0.05) is 37.6 Å². The van der Waals surface area contributed by atoms with Gasteiger partial charge in [0.25, 0.3) is 0 Å². The molecule has 1 atom stereocenters. The first-order valence-corrected chi connectivity index (χ1v) is 10.2. The number of aromatic nitrogens is 1. The molecule has 0 aliphatic heterocycles. The topological polar surface area (TPSA) is 17.4 Å². The maximum absolute atomic E-state index is 13.7. The Labute approximate surface area is 173 Å². The van der Waals surface area contributed by atoms with Crippen molar-refractivity contribution in [1.29, 1.82) is 0 Å². The van der Waals surface area contributed by atoms with Gasteiger partial charge in [0.1, 0.15) is 11.6 Å². The maximum Gasteiger partial charge on any atom is 0.123 e. The van der Waals surface area contributed by atoms with E-state index in [9.17, 15) is 4.39 Å². The molecule has 0 saturated heterocycles. The molecule has 0 saturated carbocycles. The largest absolute Gasteiger partial charge is 0.497 e. The maximum atomic E-state index is 13.7. The smallest absolute Gasteiger partial charge is 0.123 e. The Kier molecular flexibility index (Phi) is 7.10. The summed E-state index contributed by atoms with van der Waals surface area (Å²) in [5.41, 5.74) is 3.45. The zero-order valence-electron chi connectivity index (χ0n) is 17.8. The minimum absolute atomic E-state index is 0.180. The molecular weight excluding hydrogens is 363 g/mol. The highest BCUT2D eigenvalue weighted by Crippen LogP contribution is 2.20. The van der Waals surface area contributed by atoms with Crippen LogP contribution >= 0.6 is 0 Å². The van der Waals surface area contributed by atoms with Crippen molar-refractivity contribution in [3.05, 3.63) is 89.5 Å². The Balaban J connectivity index is 1.80. The van der Waals surface area contributed by atoms with Gasteiger partial charge in [-0.1, -0.05) is 38.1 Å². The van der Waals surface area contributed by atoms with Gasteiger partial charge in [-0.3, -0.25) is 4.90 Å². The van der Waals surface area contributed by atoms with Gasteiger partial charge in [-0.15, -0.1) is 0 Å². The number of hydrogen-bond acceptors (Lipinski definition) is 2. The molecule has 0 fully saturated rings. The van der Waals surface area contributed by atoms with Gasteiger partial charge < -0.3 is 9.30 Å². The monoisotopic (exact) mass is 394 g/mol. The van der Waals surface area contributed by atoms with E-state index >= 15 is 0 Å². The summed E-state index contributed by atoms with van der Waals surface area (Å²) in [6.45, 7) is 9.05. The highest BCUT2D eigenvalue weighted by atomic mass is 19.1. The quantitative estimate of drug-likeness (QED) is 0.461. The van der Waals surface area contributed by atoms with E-state index in [1.54, 1.807) is 19.2 Å². The van der Waals surface area contributed by atoms with Crippen LogP contribution in [0.5, 0.6) is 5.75 Å². The zero-order chi connectivity index (χ0) is 20.8. The second kappa shape index (κ2) is 9.75. The second-order valence-corrected chi connectivity index (χ2v) is 8.00. The first kappa shape index (κ1) is 21.1. The standard InChI is InChI=1S/C25H31FN2O/c1-19(2)20(3)28(17-21-8-5-10-23(26)14-21)18-24-11-7-13-27(24)16-22-9-6-12-25(15-22)29-4/h5-15,19-20H,16-18H2,1-4H3/t20-/m0/s1. The van der Waals surface area contributed by atoms with Crippen LogP contribution in [0, 0.1) is 11.7 Å². The first-order valence-electron chi connectivity index (χ1n) is 10.2. The summed E-state index contributed by atoms with van der Waals surface area (Å²) >= 11 is 0. The van der Waals surface area contributed by atoms with Crippen molar-refractivity contribution in [2.45, 2.75) is 46.4 Å². The van der Waals surface area contributed by atoms with Crippen LogP contribution in [0.3, 0.4) is 0 Å². The summed E-state index contributed by atoms with van der Waals surface area (Å²) in [7, 11) is 1.69. The molecule has 4 heteroatoms. The minimum Gasteiger partial charge on any atom is -0.497 e. The van der Waals surface area contributed by atoms with E-state index < -0.39 is 0 Å². The van der Waals surface area contributed by atoms with Crippen LogP contribution in [0.4, 0.5) is 4.39 Å². The van der Waals surface area contributed by atoms with Gasteiger partial charge in [0.15, 0.2) is 0 Å². The van der Waals surface area contributed by atoms with Crippen LogP contribution in [0.1, 0.15) is 37.6 Å². The predicted octanol–water partition coefficient (Wildman–Crippen LogP) is 5.73. The lowest BCUT2D eigenvalue weighted by molar-refractivity contribution is 0.148. The summed E-state index contributed by atoms with van der Waals surface area (Å²) in [5.74, 6) is 1.20. The molecule has 3 aromatic rings. The molecule has 0 aliphatic rings. The Morgan fingerprint density at radius 1 is 0.931 bits per heavy atom. The molecule has 0 bridgehead atoms. The van der Waals surface area contributed by atoms with Crippen LogP contribution in [0.25, 0.3) is 0 Å². The van der Waals surface area contributed by atoms with Crippen molar-refractivity contribution in [3.63, 3.8) is 0 Å². The van der Waals surface area contributed by atoms with E-state index in [0.29, 0.717) is 12.0 Å². The van der Waals surface area contributed by atoms with E-state index in [2.05, 4.69) is 60.7 Å². The lowest BCUT2D eigenvalue weighted by Gasteiger charge is -2.32. The Morgan fingerprint density at radius 3 is 2.41 bits per heavy atom. The molecule has 1 heterocycles. The molecule has 154 valence electrons. The second-order valence-electron chi connectivity index (χ2n) is 8.00. The van der Waals surface area contributed by atoms with Crippen molar-refractivity contribution in [1.82, 2.24) is 9.47 Å². The van der Waals surface area contributed by atoms with Crippen molar-refractivity contribution in [3.8, 4) is 5.75 Å². The van der Waals surface area contributed by atoms with Crippen molar-refractivity contribution >= 4 is 0 Å². The normalized spacial score (nSPS) is 12.5. The Bertz CT molecular complexity index is 918. The summed E-state index contributed by atoms with van der Waals surface area (Å²) in [4.78, 5) is 2.43. The zero-order valence-corrected chi connectivity index (χ0v) is 17.8. The van der Waals surface area contributed by atoms with Crippen LogP contribution < -0.4 is 4.74 Å². The molecule has 0 N–H and O–H groups in total. The van der Waals surface area contributed by atoms with Gasteiger partial charge in [-0.2, -0.15) is 0 Å². The molecule has 0 unspecified atom stereocenters. The molecule has 0 aliphatic carbocycles. The van der Waals surface area contributed by atoms with E-state index in [1.165, 1.54) is 17.3 Å². The molecule has 0 spiro atoms. The SMILES string of the molecule is COc1cccc(Cn2cccc2CN(Cc2cccc(F)c2)[C@@H](C)C(C)C)c1. The molecule has 1 aromatic heterocycles. The van der Waals surface area contributed by atoms with Gasteiger partial charge >= 0.3 is 0 Å². The Hall–Kier alpha value is -2.59. The molecule has 2 aromatic carbocycles. The summed E-state index contributed by atoms with van der Waals surface area (Å²) in [6.07, 6.45) is 2.12. The van der Waals surface area contributed by atoms with Crippen molar-refractivity contribution in [2.24, 2.45) is 5.92 Å². The highest BCUT2D eigenvalue weighted by Gasteiger charge is 2.19. The van der Waals surface area contributed by atoms with Crippen LogP contribution in [-0.2, 0) is 19.6 Å². The molecular formula is C25H31FN2O. The van der Waals surface area contributed by atoms with Gasteiger partial charge in [-0.05, 0) is 60.4 Å². The fourth-order valence-corrected chi connectivity index (χ4v) is 3.56. The first-order chi connectivity index (χ1) is 14.0. The predicted molar refractivity (Wildman–Crippen MR) is 116 cm³/mol. The number of halogens is 1. The fourth-order valence-electron chi connectivity index (χ4n) is 3.56. The molecule has 0 amide bonds. The van der Waals surface area contributed by atoms with Crippen LogP contribution in [-0.4, -0.2) is 22.6 Å². The third-order valence-corrected chi connectivity index (χ3v) is 5.59. The average Bonchev–Trinajstić information content (AvgIpc) is 3.13. The van der Waals surface area contributed by atoms with Crippen molar-refractivity contribution in [2.75, 3.05) is 7.11 Å². The summed E-state index contributed by atoms with van der Waals surface area (Å²) in [6, 6.07) is 19.7. The number of hydrogen-bond donors (Lipinski definition) is 0. The van der Waals surface area contributed by atoms with Crippen molar-refractivity contribution < 1.29 is 9.13 Å². The number of methoxy groups -OCH3 is 1. The molecule has 29 heavy (non-hydrogen) atoms. The minimum atomic E-state index is -0.180. The highest BCUT2D eigenvalue weighted by molar-refractivity contribution is 5.29. The third-order valence-electron chi connectivity index (χ3n) is 5.59. The number of benzene rings is 2. The van der Waals surface area contributed by atoms with Gasteiger partial charge in [0.2, 0.25) is 0 Å². The van der Waals surface area contributed by atoms with Crippen LogP contribution in [0.15, 0.2) is 66.9 Å². The van der Waals surface area contributed by atoms with Gasteiger partial charge in [0.05, 0.1) is 7.11 Å². The van der Waals surface area contributed by atoms with Crippen LogP contribution in [0.2, 0.25) is 0 Å². The van der Waals surface area contributed by atoms with E-state index in [0.717, 1.165) is 30.9 Å². The van der Waals surface area contributed by atoms with E-state index in [1.807, 2.05) is 18.2 Å². The molecule has 0 radical (unpaired) electrons.